The van der Waals surface area contributed by atoms with Gasteiger partial charge >= 0.3 is 0 Å². The lowest BCUT2D eigenvalue weighted by molar-refractivity contribution is -0.755. The summed E-state index contributed by atoms with van der Waals surface area (Å²) < 4.78 is 4.40. The molecular weight excluding hydrogens is 148 g/mol. The van der Waals surface area contributed by atoms with E-state index >= 15 is 0 Å². The summed E-state index contributed by atoms with van der Waals surface area (Å²) in [6.07, 6.45) is 4.43. The van der Waals surface area contributed by atoms with Crippen LogP contribution in [0.2, 0.25) is 0 Å². The van der Waals surface area contributed by atoms with E-state index in [4.69, 9.17) is 0 Å². The molecule has 0 aliphatic heterocycles. The molecule has 1 aromatic heterocycles. The van der Waals surface area contributed by atoms with Gasteiger partial charge in [-0.05, 0) is 19.8 Å². The van der Waals surface area contributed by atoms with Crippen LogP contribution < -0.4 is 4.68 Å². The van der Waals surface area contributed by atoms with Crippen molar-refractivity contribution in [3.05, 3.63) is 18.0 Å². The SMILES string of the molecule is CC(C)c1cn(C(C)C)[n+](C)c1. The molecule has 0 amide bonds. The van der Waals surface area contributed by atoms with Crippen molar-refractivity contribution in [2.45, 2.75) is 39.7 Å². The highest BCUT2D eigenvalue weighted by molar-refractivity contribution is 5.05. The summed E-state index contributed by atoms with van der Waals surface area (Å²) in [6.45, 7) is 8.84. The third kappa shape index (κ3) is 1.68. The molecule has 0 atom stereocenters. The predicted molar refractivity (Wildman–Crippen MR) is 50.1 cm³/mol. The van der Waals surface area contributed by atoms with Crippen molar-refractivity contribution in [2.24, 2.45) is 7.05 Å². The molecule has 12 heavy (non-hydrogen) atoms. The molecule has 0 unspecified atom stereocenters. The minimum atomic E-state index is 0.544. The molecule has 0 aliphatic carbocycles. The lowest BCUT2D eigenvalue weighted by Crippen LogP contribution is -2.38. The van der Waals surface area contributed by atoms with Gasteiger partial charge in [-0.3, -0.25) is 0 Å². The Balaban J connectivity index is 3.00. The average molecular weight is 167 g/mol. The molecule has 0 spiro atoms. The van der Waals surface area contributed by atoms with E-state index in [1.807, 2.05) is 0 Å². The van der Waals surface area contributed by atoms with Gasteiger partial charge in [0.05, 0.1) is 12.2 Å². The summed E-state index contributed by atoms with van der Waals surface area (Å²) >= 11 is 0. The number of aryl methyl sites for hydroxylation is 1. The third-order valence-electron chi connectivity index (χ3n) is 2.18. The topological polar surface area (TPSA) is 8.81 Å². The van der Waals surface area contributed by atoms with Crippen molar-refractivity contribution in [1.29, 1.82) is 0 Å². The van der Waals surface area contributed by atoms with Crippen LogP contribution in [0.15, 0.2) is 12.4 Å². The van der Waals surface area contributed by atoms with Crippen molar-refractivity contribution in [3.63, 3.8) is 0 Å². The van der Waals surface area contributed by atoms with Gasteiger partial charge in [-0.15, -0.1) is 4.68 Å². The summed E-state index contributed by atoms with van der Waals surface area (Å²) in [5.41, 5.74) is 1.41. The summed E-state index contributed by atoms with van der Waals surface area (Å²) in [7, 11) is 2.09. The predicted octanol–water partition coefficient (Wildman–Crippen LogP) is 2.02. The van der Waals surface area contributed by atoms with Crippen LogP contribution in [-0.2, 0) is 7.05 Å². The molecule has 0 N–H and O–H groups in total. The van der Waals surface area contributed by atoms with E-state index in [-0.39, 0.29) is 0 Å². The van der Waals surface area contributed by atoms with E-state index in [2.05, 4.69) is 56.5 Å². The van der Waals surface area contributed by atoms with Crippen LogP contribution >= 0.6 is 0 Å². The Labute approximate surface area is 74.8 Å². The lowest BCUT2D eigenvalue weighted by Gasteiger charge is -2.01. The molecule has 0 aromatic carbocycles. The van der Waals surface area contributed by atoms with Crippen molar-refractivity contribution < 1.29 is 4.68 Å². The molecule has 0 bridgehead atoms. The smallest absolute Gasteiger partial charge is 0.158 e. The molecule has 2 nitrogen and oxygen atoms in total. The van der Waals surface area contributed by atoms with Gasteiger partial charge in [0, 0.05) is 5.56 Å². The first-order chi connectivity index (χ1) is 5.52. The maximum atomic E-state index is 2.25. The quantitative estimate of drug-likeness (QED) is 0.596. The Morgan fingerprint density at radius 1 is 1.25 bits per heavy atom. The van der Waals surface area contributed by atoms with Crippen molar-refractivity contribution in [3.8, 4) is 0 Å². The Hall–Kier alpha value is -0.790. The molecule has 68 valence electrons. The molecule has 1 rings (SSSR count). The molecule has 2 heteroatoms. The second-order valence-electron chi connectivity index (χ2n) is 3.96. The van der Waals surface area contributed by atoms with Crippen LogP contribution in [0.5, 0.6) is 0 Å². The third-order valence-corrected chi connectivity index (χ3v) is 2.18. The van der Waals surface area contributed by atoms with E-state index < -0.39 is 0 Å². The molecule has 0 aliphatic rings. The fourth-order valence-electron chi connectivity index (χ4n) is 1.37. The van der Waals surface area contributed by atoms with E-state index in [0.29, 0.717) is 12.0 Å². The van der Waals surface area contributed by atoms with E-state index in [0.717, 1.165) is 0 Å². The molecule has 0 fully saturated rings. The van der Waals surface area contributed by atoms with Crippen LogP contribution in [0, 0.1) is 0 Å². The maximum absolute atomic E-state index is 2.25. The van der Waals surface area contributed by atoms with Gasteiger partial charge in [-0.1, -0.05) is 13.8 Å². The average Bonchev–Trinajstić information content (AvgIpc) is 2.30. The zero-order valence-corrected chi connectivity index (χ0v) is 8.70. The monoisotopic (exact) mass is 167 g/mol. The number of hydrogen-bond donors (Lipinski definition) is 0. The Morgan fingerprint density at radius 3 is 2.08 bits per heavy atom. The number of nitrogens with zero attached hydrogens (tertiary/aromatic N) is 2. The van der Waals surface area contributed by atoms with Crippen LogP contribution in [-0.4, -0.2) is 4.68 Å². The Morgan fingerprint density at radius 2 is 1.83 bits per heavy atom. The van der Waals surface area contributed by atoms with Crippen LogP contribution in [0.25, 0.3) is 0 Å². The van der Waals surface area contributed by atoms with Gasteiger partial charge < -0.3 is 0 Å². The zero-order valence-electron chi connectivity index (χ0n) is 8.70. The van der Waals surface area contributed by atoms with Gasteiger partial charge in [0.1, 0.15) is 0 Å². The second-order valence-corrected chi connectivity index (χ2v) is 3.96. The highest BCUT2D eigenvalue weighted by Crippen LogP contribution is 2.13. The first-order valence-corrected chi connectivity index (χ1v) is 4.60. The zero-order chi connectivity index (χ0) is 9.30. The van der Waals surface area contributed by atoms with Crippen molar-refractivity contribution in [2.75, 3.05) is 0 Å². The molecule has 0 radical (unpaired) electrons. The standard InChI is InChI=1S/C10H19N2/c1-8(2)10-6-11(5)12(7-10)9(3)4/h6-9H,1-5H3/q+1. The van der Waals surface area contributed by atoms with Crippen LogP contribution in [0.1, 0.15) is 45.2 Å². The van der Waals surface area contributed by atoms with Crippen molar-refractivity contribution >= 4 is 0 Å². The normalized spacial score (nSPS) is 11.6. The molecule has 1 aromatic rings. The minimum Gasteiger partial charge on any atom is -0.158 e. The summed E-state index contributed by atoms with van der Waals surface area (Å²) in [6, 6.07) is 0.544. The fourth-order valence-corrected chi connectivity index (χ4v) is 1.37. The highest BCUT2D eigenvalue weighted by atomic mass is 15.4. The number of rotatable bonds is 2. The number of aromatic nitrogens is 2. The number of hydrogen-bond acceptors (Lipinski definition) is 0. The maximum Gasteiger partial charge on any atom is 0.198 e. The minimum absolute atomic E-state index is 0.544. The molecule has 0 saturated heterocycles. The summed E-state index contributed by atoms with van der Waals surface area (Å²) in [5.74, 6) is 0.621. The lowest BCUT2D eigenvalue weighted by atomic mass is 10.1. The summed E-state index contributed by atoms with van der Waals surface area (Å²) in [4.78, 5) is 0. The van der Waals surface area contributed by atoms with E-state index in [1.54, 1.807) is 0 Å². The van der Waals surface area contributed by atoms with Crippen LogP contribution in [0.3, 0.4) is 0 Å². The molecule has 0 saturated carbocycles. The second kappa shape index (κ2) is 3.30. The van der Waals surface area contributed by atoms with Gasteiger partial charge in [0.15, 0.2) is 13.2 Å². The van der Waals surface area contributed by atoms with Crippen LogP contribution in [0.4, 0.5) is 0 Å². The largest absolute Gasteiger partial charge is 0.198 e. The van der Waals surface area contributed by atoms with Gasteiger partial charge in [-0.2, -0.15) is 4.68 Å². The Bertz CT molecular complexity index is 259. The first kappa shape index (κ1) is 9.30. The fraction of sp³-hybridized carbons (Fsp3) is 0.700. The highest BCUT2D eigenvalue weighted by Gasteiger charge is 2.13. The van der Waals surface area contributed by atoms with Gasteiger partial charge in [0.2, 0.25) is 0 Å². The molecular formula is C10H19N2+. The first-order valence-electron chi connectivity index (χ1n) is 4.60. The van der Waals surface area contributed by atoms with Gasteiger partial charge in [0.25, 0.3) is 0 Å². The van der Waals surface area contributed by atoms with E-state index in [1.165, 1.54) is 5.56 Å². The molecule has 1 heterocycles. The van der Waals surface area contributed by atoms with Crippen molar-refractivity contribution in [1.82, 2.24) is 4.68 Å². The van der Waals surface area contributed by atoms with E-state index in [9.17, 15) is 0 Å². The summed E-state index contributed by atoms with van der Waals surface area (Å²) in [5, 5.41) is 0. The Kier molecular flexibility index (Phi) is 2.55. The van der Waals surface area contributed by atoms with Gasteiger partial charge in [-0.25, -0.2) is 0 Å².